The van der Waals surface area contributed by atoms with Crippen molar-refractivity contribution in [3.8, 4) is 5.75 Å². The van der Waals surface area contributed by atoms with Gasteiger partial charge in [0.2, 0.25) is 0 Å². The number of nitrogens with one attached hydrogen (secondary N) is 1. The minimum Gasteiger partial charge on any atom is -0.493 e. The van der Waals surface area contributed by atoms with Crippen LogP contribution in [0.25, 0.3) is 0 Å². The highest BCUT2D eigenvalue weighted by atomic mass is 16.5. The van der Waals surface area contributed by atoms with Gasteiger partial charge in [-0.1, -0.05) is 26.0 Å². The smallest absolute Gasteiger partial charge is 0.119 e. The Bertz CT molecular complexity index is 341. The fourth-order valence-electron chi connectivity index (χ4n) is 2.41. The van der Waals surface area contributed by atoms with Crippen LogP contribution < -0.4 is 10.1 Å². The summed E-state index contributed by atoms with van der Waals surface area (Å²) in [6, 6.07) is 8.61. The van der Waals surface area contributed by atoms with Crippen LogP contribution in [0.5, 0.6) is 5.75 Å². The zero-order valence-electron chi connectivity index (χ0n) is 11.6. The van der Waals surface area contributed by atoms with Crippen LogP contribution in [0, 0.1) is 5.92 Å². The topological polar surface area (TPSA) is 21.3 Å². The Labute approximate surface area is 111 Å². The Morgan fingerprint density at radius 1 is 1.33 bits per heavy atom. The summed E-state index contributed by atoms with van der Waals surface area (Å²) in [7, 11) is 0. The van der Waals surface area contributed by atoms with E-state index >= 15 is 0 Å². The van der Waals surface area contributed by atoms with Gasteiger partial charge in [0.05, 0.1) is 6.61 Å². The van der Waals surface area contributed by atoms with E-state index in [1.807, 2.05) is 0 Å². The molecule has 1 heterocycles. The summed E-state index contributed by atoms with van der Waals surface area (Å²) < 4.78 is 5.87. The first-order chi connectivity index (χ1) is 8.79. The van der Waals surface area contributed by atoms with E-state index in [1.54, 1.807) is 0 Å². The lowest BCUT2D eigenvalue weighted by Crippen LogP contribution is -2.33. The van der Waals surface area contributed by atoms with E-state index in [9.17, 15) is 0 Å². The number of ether oxygens (including phenoxy) is 1. The van der Waals surface area contributed by atoms with E-state index in [-0.39, 0.29) is 0 Å². The molecular formula is C16H25NO. The molecule has 0 spiro atoms. The zero-order valence-corrected chi connectivity index (χ0v) is 11.6. The fraction of sp³-hybridized carbons (Fsp3) is 0.625. The van der Waals surface area contributed by atoms with Gasteiger partial charge in [-0.05, 0) is 49.4 Å². The number of benzene rings is 1. The summed E-state index contributed by atoms with van der Waals surface area (Å²) >= 11 is 0. The van der Waals surface area contributed by atoms with Crippen LogP contribution >= 0.6 is 0 Å². The van der Waals surface area contributed by atoms with Crippen molar-refractivity contribution in [1.82, 2.24) is 5.32 Å². The summed E-state index contributed by atoms with van der Waals surface area (Å²) in [5, 5.41) is 3.42. The van der Waals surface area contributed by atoms with Gasteiger partial charge in [0.1, 0.15) is 5.75 Å². The van der Waals surface area contributed by atoms with Gasteiger partial charge in [-0.15, -0.1) is 0 Å². The molecule has 0 aliphatic carbocycles. The summed E-state index contributed by atoms with van der Waals surface area (Å²) in [4.78, 5) is 0. The first-order valence-electron chi connectivity index (χ1n) is 7.23. The van der Waals surface area contributed by atoms with Gasteiger partial charge in [-0.2, -0.15) is 0 Å². The Kier molecular flexibility index (Phi) is 5.06. The van der Waals surface area contributed by atoms with Crippen LogP contribution in [0.2, 0.25) is 0 Å². The van der Waals surface area contributed by atoms with Gasteiger partial charge in [0.25, 0.3) is 0 Å². The van der Waals surface area contributed by atoms with Crippen molar-refractivity contribution in [3.63, 3.8) is 0 Å². The van der Waals surface area contributed by atoms with Gasteiger partial charge in [0, 0.05) is 12.5 Å². The molecule has 2 rings (SSSR count). The lowest BCUT2D eigenvalue weighted by atomic mass is 9.99. The maximum atomic E-state index is 5.87. The lowest BCUT2D eigenvalue weighted by molar-refractivity contribution is 0.218. The molecular weight excluding hydrogens is 222 g/mol. The SMILES string of the molecule is CC[C@H](C)c1ccc(OC[C@H]2CCCNC2)cc1. The van der Waals surface area contributed by atoms with Crippen molar-refractivity contribution in [2.24, 2.45) is 5.92 Å². The third-order valence-corrected chi connectivity index (χ3v) is 3.95. The molecule has 0 saturated carbocycles. The molecule has 1 N–H and O–H groups in total. The van der Waals surface area contributed by atoms with Crippen LogP contribution in [0.4, 0.5) is 0 Å². The molecule has 0 aromatic heterocycles. The molecule has 1 aromatic carbocycles. The molecule has 2 nitrogen and oxygen atoms in total. The molecule has 1 aliphatic rings. The minimum atomic E-state index is 0.640. The van der Waals surface area contributed by atoms with Crippen molar-refractivity contribution in [2.75, 3.05) is 19.7 Å². The Morgan fingerprint density at radius 3 is 2.72 bits per heavy atom. The van der Waals surface area contributed by atoms with E-state index in [0.717, 1.165) is 18.9 Å². The first-order valence-corrected chi connectivity index (χ1v) is 7.23. The van der Waals surface area contributed by atoms with Crippen molar-refractivity contribution in [1.29, 1.82) is 0 Å². The quantitative estimate of drug-likeness (QED) is 0.858. The first kappa shape index (κ1) is 13.4. The van der Waals surface area contributed by atoms with Gasteiger partial charge in [-0.25, -0.2) is 0 Å². The third kappa shape index (κ3) is 3.74. The van der Waals surface area contributed by atoms with E-state index in [0.29, 0.717) is 11.8 Å². The molecule has 0 radical (unpaired) electrons. The highest BCUT2D eigenvalue weighted by Gasteiger charge is 2.13. The average molecular weight is 247 g/mol. The Balaban J connectivity index is 1.82. The average Bonchev–Trinajstić information content (AvgIpc) is 2.46. The predicted octanol–water partition coefficient (Wildman–Crippen LogP) is 3.58. The second kappa shape index (κ2) is 6.79. The molecule has 1 saturated heterocycles. The molecule has 0 amide bonds. The second-order valence-electron chi connectivity index (χ2n) is 5.40. The van der Waals surface area contributed by atoms with Crippen molar-refractivity contribution in [2.45, 2.75) is 39.0 Å². The third-order valence-electron chi connectivity index (χ3n) is 3.95. The maximum absolute atomic E-state index is 5.87. The van der Waals surface area contributed by atoms with E-state index in [1.165, 1.54) is 31.4 Å². The second-order valence-corrected chi connectivity index (χ2v) is 5.40. The Hall–Kier alpha value is -1.02. The van der Waals surface area contributed by atoms with Crippen molar-refractivity contribution < 1.29 is 4.74 Å². The standard InChI is InChI=1S/C16H25NO/c1-3-13(2)15-6-8-16(9-7-15)18-12-14-5-4-10-17-11-14/h6-9,13-14,17H,3-5,10-12H2,1-2H3/t13-,14-/m0/s1. The number of piperidine rings is 1. The summed E-state index contributed by atoms with van der Waals surface area (Å²) in [5.74, 6) is 2.32. The van der Waals surface area contributed by atoms with Gasteiger partial charge in [-0.3, -0.25) is 0 Å². The molecule has 1 fully saturated rings. The fourth-order valence-corrected chi connectivity index (χ4v) is 2.41. The van der Waals surface area contributed by atoms with E-state index in [4.69, 9.17) is 4.74 Å². The molecule has 1 aliphatic heterocycles. The lowest BCUT2D eigenvalue weighted by Gasteiger charge is -2.22. The predicted molar refractivity (Wildman–Crippen MR) is 76.2 cm³/mol. The van der Waals surface area contributed by atoms with Gasteiger partial charge >= 0.3 is 0 Å². The van der Waals surface area contributed by atoms with Gasteiger partial charge < -0.3 is 10.1 Å². The van der Waals surface area contributed by atoms with Crippen LogP contribution in [0.1, 0.15) is 44.6 Å². The molecule has 2 heteroatoms. The number of hydrogen-bond donors (Lipinski definition) is 1. The molecule has 1 aromatic rings. The van der Waals surface area contributed by atoms with Gasteiger partial charge in [0.15, 0.2) is 0 Å². The van der Waals surface area contributed by atoms with E-state index in [2.05, 4.69) is 43.4 Å². The molecule has 100 valence electrons. The molecule has 0 unspecified atom stereocenters. The summed E-state index contributed by atoms with van der Waals surface area (Å²) in [6.07, 6.45) is 3.76. The van der Waals surface area contributed by atoms with E-state index < -0.39 is 0 Å². The highest BCUT2D eigenvalue weighted by Crippen LogP contribution is 2.22. The normalized spacial score (nSPS) is 21.6. The van der Waals surface area contributed by atoms with Crippen LogP contribution in [0.3, 0.4) is 0 Å². The van der Waals surface area contributed by atoms with Crippen LogP contribution in [-0.2, 0) is 0 Å². The van der Waals surface area contributed by atoms with Crippen molar-refractivity contribution >= 4 is 0 Å². The number of hydrogen-bond acceptors (Lipinski definition) is 2. The summed E-state index contributed by atoms with van der Waals surface area (Å²) in [5.41, 5.74) is 1.41. The highest BCUT2D eigenvalue weighted by molar-refractivity contribution is 5.29. The molecule has 0 bridgehead atoms. The molecule has 18 heavy (non-hydrogen) atoms. The maximum Gasteiger partial charge on any atom is 0.119 e. The van der Waals surface area contributed by atoms with Crippen LogP contribution in [-0.4, -0.2) is 19.7 Å². The number of rotatable bonds is 5. The van der Waals surface area contributed by atoms with Crippen LogP contribution in [0.15, 0.2) is 24.3 Å². The Morgan fingerprint density at radius 2 is 2.11 bits per heavy atom. The molecule has 2 atom stereocenters. The minimum absolute atomic E-state index is 0.640. The summed E-state index contributed by atoms with van der Waals surface area (Å²) in [6.45, 7) is 7.61. The van der Waals surface area contributed by atoms with Crippen molar-refractivity contribution in [3.05, 3.63) is 29.8 Å². The zero-order chi connectivity index (χ0) is 12.8. The monoisotopic (exact) mass is 247 g/mol. The largest absolute Gasteiger partial charge is 0.493 e.